The van der Waals surface area contributed by atoms with Crippen LogP contribution in [0.4, 0.5) is 10.1 Å². The molecule has 0 fully saturated rings. The molecule has 0 atom stereocenters. The molecule has 0 aliphatic heterocycles. The summed E-state index contributed by atoms with van der Waals surface area (Å²) >= 11 is 0. The normalized spacial score (nSPS) is 10.1. The first-order valence-electron chi connectivity index (χ1n) is 5.42. The van der Waals surface area contributed by atoms with Crippen LogP contribution in [0.3, 0.4) is 0 Å². The number of esters is 1. The van der Waals surface area contributed by atoms with Gasteiger partial charge in [-0.2, -0.15) is 0 Å². The maximum absolute atomic E-state index is 13.1. The molecule has 3 nitrogen and oxygen atoms in total. The second-order valence-electron chi connectivity index (χ2n) is 3.83. The number of halogens is 1. The van der Waals surface area contributed by atoms with Crippen molar-refractivity contribution in [2.45, 2.75) is 6.61 Å². The third kappa shape index (κ3) is 3.07. The van der Waals surface area contributed by atoms with Crippen LogP contribution in [-0.2, 0) is 11.3 Å². The highest BCUT2D eigenvalue weighted by Crippen LogP contribution is 2.12. The van der Waals surface area contributed by atoms with Gasteiger partial charge in [0.2, 0.25) is 0 Å². The number of hydrogen-bond donors (Lipinski definition) is 1. The first-order valence-corrected chi connectivity index (χ1v) is 5.42. The van der Waals surface area contributed by atoms with Gasteiger partial charge in [0, 0.05) is 5.69 Å². The van der Waals surface area contributed by atoms with Crippen molar-refractivity contribution in [3.63, 3.8) is 0 Å². The average molecular weight is 245 g/mol. The minimum Gasteiger partial charge on any atom is -0.457 e. The number of nitrogens with two attached hydrogens (primary N) is 1. The minimum atomic E-state index is -0.593. The summed E-state index contributed by atoms with van der Waals surface area (Å²) in [5.41, 5.74) is 6.64. The first-order chi connectivity index (χ1) is 8.65. The third-order valence-corrected chi connectivity index (χ3v) is 2.37. The molecule has 0 saturated heterocycles. The van der Waals surface area contributed by atoms with Gasteiger partial charge in [0.1, 0.15) is 12.4 Å². The minimum absolute atomic E-state index is 0.114. The van der Waals surface area contributed by atoms with Crippen LogP contribution in [0.1, 0.15) is 15.9 Å². The predicted octanol–water partition coefficient (Wildman–Crippen LogP) is 2.76. The fourth-order valence-electron chi connectivity index (χ4n) is 1.54. The van der Waals surface area contributed by atoms with Gasteiger partial charge in [0.15, 0.2) is 0 Å². The number of nitrogen functional groups attached to an aromatic ring is 1. The fraction of sp³-hybridized carbons (Fsp3) is 0.0714. The van der Waals surface area contributed by atoms with Gasteiger partial charge in [-0.15, -0.1) is 0 Å². The van der Waals surface area contributed by atoms with Gasteiger partial charge < -0.3 is 10.5 Å². The van der Waals surface area contributed by atoms with E-state index in [-0.39, 0.29) is 17.9 Å². The summed E-state index contributed by atoms with van der Waals surface area (Å²) in [5.74, 6) is -1.15. The van der Waals surface area contributed by atoms with Crippen LogP contribution in [0.25, 0.3) is 0 Å². The Balaban J connectivity index is 2.04. The Morgan fingerprint density at radius 2 is 1.89 bits per heavy atom. The van der Waals surface area contributed by atoms with Crippen LogP contribution in [0.2, 0.25) is 0 Å². The molecule has 2 rings (SSSR count). The number of benzene rings is 2. The molecule has 0 aliphatic carbocycles. The number of hydrogen-bond acceptors (Lipinski definition) is 3. The highest BCUT2D eigenvalue weighted by Gasteiger charge is 2.09. The lowest BCUT2D eigenvalue weighted by Gasteiger charge is -2.05. The summed E-state index contributed by atoms with van der Waals surface area (Å²) in [7, 11) is 0. The molecular formula is C14H12FNO2. The highest BCUT2D eigenvalue weighted by atomic mass is 19.1. The van der Waals surface area contributed by atoms with Crippen LogP contribution < -0.4 is 5.73 Å². The number of ether oxygens (including phenoxy) is 1. The van der Waals surface area contributed by atoms with Crippen LogP contribution in [-0.4, -0.2) is 5.97 Å². The first kappa shape index (κ1) is 12.1. The Hall–Kier alpha value is -2.36. The maximum Gasteiger partial charge on any atom is 0.338 e. The van der Waals surface area contributed by atoms with Gasteiger partial charge in [-0.05, 0) is 23.8 Å². The van der Waals surface area contributed by atoms with E-state index in [1.165, 1.54) is 6.07 Å². The number of carbonyl (C=O) groups is 1. The van der Waals surface area contributed by atoms with Gasteiger partial charge in [0.25, 0.3) is 0 Å². The second-order valence-corrected chi connectivity index (χ2v) is 3.83. The summed E-state index contributed by atoms with van der Waals surface area (Å²) < 4.78 is 18.1. The SMILES string of the molecule is Nc1cc(F)cc(C(=O)OCc2ccccc2)c1. The molecule has 0 aliphatic rings. The Bertz CT molecular complexity index is 535. The van der Waals surface area contributed by atoms with Crippen molar-refractivity contribution in [2.75, 3.05) is 5.73 Å². The van der Waals surface area contributed by atoms with Crippen molar-refractivity contribution in [3.05, 3.63) is 65.5 Å². The monoisotopic (exact) mass is 245 g/mol. The van der Waals surface area contributed by atoms with Gasteiger partial charge in [-0.1, -0.05) is 30.3 Å². The van der Waals surface area contributed by atoms with E-state index in [0.717, 1.165) is 17.7 Å². The molecule has 2 aromatic carbocycles. The second kappa shape index (κ2) is 5.31. The molecule has 0 bridgehead atoms. The van der Waals surface area contributed by atoms with Gasteiger partial charge >= 0.3 is 5.97 Å². The zero-order chi connectivity index (χ0) is 13.0. The smallest absolute Gasteiger partial charge is 0.338 e. The average Bonchev–Trinajstić information content (AvgIpc) is 2.36. The number of rotatable bonds is 3. The highest BCUT2D eigenvalue weighted by molar-refractivity contribution is 5.90. The van der Waals surface area contributed by atoms with Gasteiger partial charge in [-0.3, -0.25) is 0 Å². The molecule has 0 heterocycles. The summed E-state index contributed by atoms with van der Waals surface area (Å²) in [4.78, 5) is 11.7. The maximum atomic E-state index is 13.1. The van der Waals surface area contributed by atoms with Crippen molar-refractivity contribution >= 4 is 11.7 Å². The summed E-state index contributed by atoms with van der Waals surface area (Å²) in [6.07, 6.45) is 0. The largest absolute Gasteiger partial charge is 0.457 e. The lowest BCUT2D eigenvalue weighted by Crippen LogP contribution is -2.06. The lowest BCUT2D eigenvalue weighted by atomic mass is 10.2. The summed E-state index contributed by atoms with van der Waals surface area (Å²) in [6.45, 7) is 0.149. The standard InChI is InChI=1S/C14H12FNO2/c15-12-6-11(7-13(16)8-12)14(17)18-9-10-4-2-1-3-5-10/h1-8H,9,16H2. The van der Waals surface area contributed by atoms with Crippen molar-refractivity contribution in [2.24, 2.45) is 0 Å². The van der Waals surface area contributed by atoms with E-state index >= 15 is 0 Å². The molecule has 18 heavy (non-hydrogen) atoms. The van der Waals surface area contributed by atoms with E-state index in [9.17, 15) is 9.18 Å². The van der Waals surface area contributed by atoms with Crippen molar-refractivity contribution < 1.29 is 13.9 Å². The van der Waals surface area contributed by atoms with Crippen LogP contribution in [0.15, 0.2) is 48.5 Å². The van der Waals surface area contributed by atoms with Crippen LogP contribution >= 0.6 is 0 Å². The van der Waals surface area contributed by atoms with E-state index in [1.807, 2.05) is 30.3 Å². The molecule has 2 aromatic rings. The topological polar surface area (TPSA) is 52.3 Å². The van der Waals surface area contributed by atoms with Crippen LogP contribution in [0, 0.1) is 5.82 Å². The zero-order valence-corrected chi connectivity index (χ0v) is 9.60. The number of anilines is 1. The van der Waals surface area contributed by atoms with Crippen LogP contribution in [0.5, 0.6) is 0 Å². The van der Waals surface area contributed by atoms with Gasteiger partial charge in [0.05, 0.1) is 5.56 Å². The molecule has 0 spiro atoms. The van der Waals surface area contributed by atoms with E-state index in [4.69, 9.17) is 10.5 Å². The van der Waals surface area contributed by atoms with Gasteiger partial charge in [-0.25, -0.2) is 9.18 Å². The lowest BCUT2D eigenvalue weighted by molar-refractivity contribution is 0.0472. The fourth-order valence-corrected chi connectivity index (χ4v) is 1.54. The molecule has 4 heteroatoms. The molecule has 0 amide bonds. The Labute approximate surface area is 104 Å². The molecule has 2 N–H and O–H groups in total. The van der Waals surface area contributed by atoms with E-state index in [2.05, 4.69) is 0 Å². The zero-order valence-electron chi connectivity index (χ0n) is 9.60. The van der Waals surface area contributed by atoms with Crippen molar-refractivity contribution in [3.8, 4) is 0 Å². The number of carbonyl (C=O) groups excluding carboxylic acids is 1. The van der Waals surface area contributed by atoms with E-state index in [0.29, 0.717) is 0 Å². The Morgan fingerprint density at radius 3 is 2.56 bits per heavy atom. The third-order valence-electron chi connectivity index (χ3n) is 2.37. The Kier molecular flexibility index (Phi) is 3.57. The van der Waals surface area contributed by atoms with E-state index < -0.39 is 11.8 Å². The summed E-state index contributed by atoms with van der Waals surface area (Å²) in [6, 6.07) is 12.9. The molecule has 0 unspecified atom stereocenters. The van der Waals surface area contributed by atoms with E-state index in [1.54, 1.807) is 0 Å². The Morgan fingerprint density at radius 1 is 1.17 bits per heavy atom. The molecule has 92 valence electrons. The van der Waals surface area contributed by atoms with Crippen molar-refractivity contribution in [1.29, 1.82) is 0 Å². The molecule has 0 saturated carbocycles. The molecule has 0 radical (unpaired) electrons. The molecule has 0 aromatic heterocycles. The van der Waals surface area contributed by atoms with Crippen molar-refractivity contribution in [1.82, 2.24) is 0 Å². The molecular weight excluding hydrogens is 233 g/mol. The summed E-state index contributed by atoms with van der Waals surface area (Å²) in [5, 5.41) is 0. The predicted molar refractivity (Wildman–Crippen MR) is 66.4 cm³/mol. The quantitative estimate of drug-likeness (QED) is 0.668.